The maximum absolute atomic E-state index is 13.4. The van der Waals surface area contributed by atoms with Crippen molar-refractivity contribution in [3.05, 3.63) is 0 Å². The molecule has 0 radical (unpaired) electrons. The molecule has 1 N–H and O–H groups in total. The molecular formula is C25H48N2O3. The first-order chi connectivity index (χ1) is 13.2. The molecule has 0 saturated carbocycles. The average Bonchev–Trinajstić information content (AvgIpc) is 2.49. The molecule has 176 valence electrons. The van der Waals surface area contributed by atoms with E-state index in [1.54, 1.807) is 0 Å². The van der Waals surface area contributed by atoms with Crippen LogP contribution in [-0.2, 0) is 14.4 Å². The summed E-state index contributed by atoms with van der Waals surface area (Å²) in [5.41, 5.74) is -1.58. The first-order valence-corrected chi connectivity index (χ1v) is 11.3. The quantitative estimate of drug-likeness (QED) is 0.516. The summed E-state index contributed by atoms with van der Waals surface area (Å²) >= 11 is 0. The van der Waals surface area contributed by atoms with Gasteiger partial charge in [-0.25, -0.2) is 0 Å². The van der Waals surface area contributed by atoms with E-state index >= 15 is 0 Å². The molecule has 0 aromatic rings. The zero-order chi connectivity index (χ0) is 24.1. The summed E-state index contributed by atoms with van der Waals surface area (Å²) in [4.78, 5) is 40.9. The van der Waals surface area contributed by atoms with Gasteiger partial charge < -0.3 is 5.32 Å². The second kappa shape index (κ2) is 10.5. The van der Waals surface area contributed by atoms with E-state index in [9.17, 15) is 14.4 Å². The summed E-state index contributed by atoms with van der Waals surface area (Å²) in [5.74, 6) is 0.175. The molecule has 0 saturated heterocycles. The molecule has 0 aliphatic carbocycles. The highest BCUT2D eigenvalue weighted by atomic mass is 16.1. The lowest BCUT2D eigenvalue weighted by molar-refractivity contribution is -0.137. The highest BCUT2D eigenvalue weighted by Crippen LogP contribution is 2.26. The van der Waals surface area contributed by atoms with Crippen LogP contribution >= 0.6 is 0 Å². The lowest BCUT2D eigenvalue weighted by Crippen LogP contribution is -2.52. The number of nitrogens with zero attached hydrogens (tertiary/aromatic N) is 1. The normalized spacial score (nSPS) is 14.7. The predicted molar refractivity (Wildman–Crippen MR) is 126 cm³/mol. The van der Waals surface area contributed by atoms with Crippen LogP contribution in [0.15, 0.2) is 0 Å². The number of rotatable bonds is 10. The van der Waals surface area contributed by atoms with E-state index in [2.05, 4.69) is 26.1 Å². The minimum Gasteiger partial charge on any atom is -0.312 e. The Bertz CT molecular complexity index is 568. The average molecular weight is 425 g/mol. The summed E-state index contributed by atoms with van der Waals surface area (Å²) in [5, 5.41) is 3.46. The number of hydrogen-bond donors (Lipinski definition) is 1. The van der Waals surface area contributed by atoms with Crippen LogP contribution in [0.1, 0.15) is 95.9 Å². The predicted octanol–water partition coefficient (Wildman–Crippen LogP) is 4.67. The Hall–Kier alpha value is -1.07. The zero-order valence-electron chi connectivity index (χ0n) is 21.8. The van der Waals surface area contributed by atoms with E-state index in [4.69, 9.17) is 0 Å². The van der Waals surface area contributed by atoms with E-state index in [-0.39, 0.29) is 36.0 Å². The van der Waals surface area contributed by atoms with E-state index in [0.717, 1.165) is 13.0 Å². The van der Waals surface area contributed by atoms with Gasteiger partial charge in [0.05, 0.1) is 19.1 Å². The van der Waals surface area contributed by atoms with Gasteiger partial charge in [-0.15, -0.1) is 0 Å². The van der Waals surface area contributed by atoms with Gasteiger partial charge in [0.25, 0.3) is 0 Å². The minimum absolute atomic E-state index is 0.00756. The second-order valence-electron chi connectivity index (χ2n) is 12.7. The molecule has 0 bridgehead atoms. The second-order valence-corrected chi connectivity index (χ2v) is 12.7. The van der Waals surface area contributed by atoms with Gasteiger partial charge in [0.1, 0.15) is 0 Å². The largest absolute Gasteiger partial charge is 0.312 e. The van der Waals surface area contributed by atoms with Crippen molar-refractivity contribution in [1.82, 2.24) is 10.2 Å². The minimum atomic E-state index is -0.546. The van der Waals surface area contributed by atoms with Crippen molar-refractivity contribution in [1.29, 1.82) is 0 Å². The van der Waals surface area contributed by atoms with Crippen molar-refractivity contribution in [3.63, 3.8) is 0 Å². The van der Waals surface area contributed by atoms with Crippen LogP contribution < -0.4 is 5.32 Å². The van der Waals surface area contributed by atoms with Crippen LogP contribution in [0.25, 0.3) is 0 Å². The molecule has 1 unspecified atom stereocenters. The lowest BCUT2D eigenvalue weighted by Gasteiger charge is -2.36. The third kappa shape index (κ3) is 10.8. The maximum Gasteiger partial charge on any atom is 0.155 e. The zero-order valence-corrected chi connectivity index (χ0v) is 21.8. The highest BCUT2D eigenvalue weighted by molar-refractivity contribution is 5.92. The molecule has 30 heavy (non-hydrogen) atoms. The molecule has 5 nitrogen and oxygen atoms in total. The SMILES string of the molecule is CC(C)(C)NCCCC(C(=O)C(C)(C)C)N(CC(=O)C(C)(C)C)CC(=O)C(C)(C)C. The maximum atomic E-state index is 13.4. The molecule has 0 aromatic carbocycles. The monoisotopic (exact) mass is 424 g/mol. The van der Waals surface area contributed by atoms with Crippen molar-refractivity contribution in [2.24, 2.45) is 16.2 Å². The van der Waals surface area contributed by atoms with E-state index in [1.165, 1.54) is 0 Å². The van der Waals surface area contributed by atoms with Crippen molar-refractivity contribution < 1.29 is 14.4 Å². The molecule has 0 spiro atoms. The third-order valence-corrected chi connectivity index (χ3v) is 5.16. The summed E-state index contributed by atoms with van der Waals surface area (Å²) < 4.78 is 0. The summed E-state index contributed by atoms with van der Waals surface area (Å²) in [7, 11) is 0. The van der Waals surface area contributed by atoms with Crippen molar-refractivity contribution in [3.8, 4) is 0 Å². The number of ketones is 3. The lowest BCUT2D eigenvalue weighted by atomic mass is 9.82. The Morgan fingerprint density at radius 3 is 1.40 bits per heavy atom. The molecule has 5 heteroatoms. The van der Waals surface area contributed by atoms with Gasteiger partial charge in [-0.3, -0.25) is 19.3 Å². The molecule has 1 atom stereocenters. The van der Waals surface area contributed by atoms with Gasteiger partial charge in [-0.05, 0) is 40.2 Å². The number of hydrogen-bond acceptors (Lipinski definition) is 5. The fraction of sp³-hybridized carbons (Fsp3) is 0.880. The van der Waals surface area contributed by atoms with Crippen LogP contribution in [0.5, 0.6) is 0 Å². The number of nitrogens with one attached hydrogen (secondary N) is 1. The smallest absolute Gasteiger partial charge is 0.155 e. The molecule has 0 heterocycles. The van der Waals surface area contributed by atoms with Crippen LogP contribution in [0.4, 0.5) is 0 Å². The fourth-order valence-electron chi connectivity index (χ4n) is 2.86. The Morgan fingerprint density at radius 1 is 0.700 bits per heavy atom. The van der Waals surface area contributed by atoms with E-state index < -0.39 is 22.3 Å². The molecule has 0 aliphatic rings. The number of Topliss-reactive ketones (excluding diaryl/α,β-unsaturated/α-hetero) is 3. The first kappa shape index (κ1) is 28.9. The molecule has 0 amide bonds. The molecule has 0 rings (SSSR count). The fourth-order valence-corrected chi connectivity index (χ4v) is 2.86. The Balaban J connectivity index is 5.81. The van der Waals surface area contributed by atoms with Crippen LogP contribution in [0.3, 0.4) is 0 Å². The van der Waals surface area contributed by atoms with Crippen LogP contribution in [0, 0.1) is 16.2 Å². The van der Waals surface area contributed by atoms with E-state index in [1.807, 2.05) is 67.2 Å². The number of carbonyl (C=O) groups is 3. The van der Waals surface area contributed by atoms with Gasteiger partial charge in [-0.1, -0.05) is 62.3 Å². The first-order valence-electron chi connectivity index (χ1n) is 11.3. The van der Waals surface area contributed by atoms with E-state index in [0.29, 0.717) is 6.42 Å². The Labute approximate surface area is 185 Å². The van der Waals surface area contributed by atoms with Crippen molar-refractivity contribution in [2.45, 2.75) is 108 Å². The Kier molecular flexibility index (Phi) is 10.1. The summed E-state index contributed by atoms with van der Waals surface area (Å²) in [6.45, 7) is 24.4. The van der Waals surface area contributed by atoms with Crippen LogP contribution in [-0.4, -0.2) is 53.5 Å². The molecule has 0 fully saturated rings. The van der Waals surface area contributed by atoms with Crippen molar-refractivity contribution >= 4 is 17.3 Å². The third-order valence-electron chi connectivity index (χ3n) is 5.16. The van der Waals surface area contributed by atoms with Gasteiger partial charge in [-0.2, -0.15) is 0 Å². The van der Waals surface area contributed by atoms with Gasteiger partial charge in [0.15, 0.2) is 17.3 Å². The standard InChI is InChI=1S/C25H48N2O3/c1-22(2,3)19(28)16-27(17-20(29)23(4,5)6)18(21(30)24(7,8)9)14-13-15-26-25(10,11)12/h18,26H,13-17H2,1-12H3. The summed E-state index contributed by atoms with van der Waals surface area (Å²) in [6, 6.07) is -0.454. The highest BCUT2D eigenvalue weighted by Gasteiger charge is 2.37. The van der Waals surface area contributed by atoms with Gasteiger partial charge in [0, 0.05) is 21.8 Å². The molecular weight excluding hydrogens is 376 g/mol. The Morgan fingerprint density at radius 2 is 1.10 bits per heavy atom. The van der Waals surface area contributed by atoms with Gasteiger partial charge in [0.2, 0.25) is 0 Å². The topological polar surface area (TPSA) is 66.5 Å². The van der Waals surface area contributed by atoms with Crippen LogP contribution in [0.2, 0.25) is 0 Å². The summed E-state index contributed by atoms with van der Waals surface area (Å²) in [6.07, 6.45) is 1.42. The number of carbonyl (C=O) groups excluding carboxylic acids is 3. The molecule has 0 aromatic heterocycles. The van der Waals surface area contributed by atoms with Gasteiger partial charge >= 0.3 is 0 Å². The van der Waals surface area contributed by atoms with Crippen molar-refractivity contribution in [2.75, 3.05) is 19.6 Å². The molecule has 0 aliphatic heterocycles.